The van der Waals surface area contributed by atoms with Crippen molar-refractivity contribution in [3.63, 3.8) is 0 Å². The SMILES string of the molecule is CCCC(C)(N)C(=O)NCCc1ccc(OCC(=O)NC2CC2)cc1. The summed E-state index contributed by atoms with van der Waals surface area (Å²) in [4.78, 5) is 23.6. The highest BCUT2D eigenvalue weighted by atomic mass is 16.5. The average molecular weight is 347 g/mol. The predicted molar refractivity (Wildman–Crippen MR) is 97.3 cm³/mol. The molecule has 0 saturated heterocycles. The van der Waals surface area contributed by atoms with Crippen molar-refractivity contribution >= 4 is 11.8 Å². The van der Waals surface area contributed by atoms with Gasteiger partial charge in [-0.2, -0.15) is 0 Å². The number of amides is 2. The van der Waals surface area contributed by atoms with Gasteiger partial charge < -0.3 is 21.1 Å². The number of nitrogens with one attached hydrogen (secondary N) is 2. The summed E-state index contributed by atoms with van der Waals surface area (Å²) in [5, 5.41) is 5.77. The molecule has 6 nitrogen and oxygen atoms in total. The molecule has 0 bridgehead atoms. The summed E-state index contributed by atoms with van der Waals surface area (Å²) in [7, 11) is 0. The zero-order chi connectivity index (χ0) is 18.3. The van der Waals surface area contributed by atoms with Crippen molar-refractivity contribution in [2.75, 3.05) is 13.2 Å². The highest BCUT2D eigenvalue weighted by Crippen LogP contribution is 2.18. The molecule has 1 aromatic rings. The molecule has 0 aromatic heterocycles. The molecule has 1 fully saturated rings. The van der Waals surface area contributed by atoms with Crippen LogP contribution in [-0.4, -0.2) is 36.5 Å². The second-order valence-corrected chi connectivity index (χ2v) is 6.95. The molecule has 0 aliphatic heterocycles. The summed E-state index contributed by atoms with van der Waals surface area (Å²) >= 11 is 0. The first-order chi connectivity index (χ1) is 11.9. The van der Waals surface area contributed by atoms with Crippen LogP contribution in [0.3, 0.4) is 0 Å². The van der Waals surface area contributed by atoms with Crippen molar-refractivity contribution in [3.05, 3.63) is 29.8 Å². The van der Waals surface area contributed by atoms with Crippen LogP contribution in [0.5, 0.6) is 5.75 Å². The highest BCUT2D eigenvalue weighted by molar-refractivity contribution is 5.85. The average Bonchev–Trinajstić information content (AvgIpc) is 3.38. The summed E-state index contributed by atoms with van der Waals surface area (Å²) < 4.78 is 5.47. The van der Waals surface area contributed by atoms with Crippen LogP contribution >= 0.6 is 0 Å². The minimum Gasteiger partial charge on any atom is -0.484 e. The summed E-state index contributed by atoms with van der Waals surface area (Å²) in [6, 6.07) is 7.90. The Morgan fingerprint density at radius 2 is 1.96 bits per heavy atom. The molecule has 138 valence electrons. The van der Waals surface area contributed by atoms with Crippen molar-refractivity contribution < 1.29 is 14.3 Å². The van der Waals surface area contributed by atoms with Crippen molar-refractivity contribution in [1.29, 1.82) is 0 Å². The Kier molecular flexibility index (Phi) is 6.82. The Hall–Kier alpha value is -2.08. The predicted octanol–water partition coefficient (Wildman–Crippen LogP) is 1.52. The number of hydrogen-bond donors (Lipinski definition) is 3. The molecule has 1 atom stereocenters. The molecule has 1 aliphatic rings. The largest absolute Gasteiger partial charge is 0.484 e. The number of rotatable bonds is 10. The number of carbonyl (C=O) groups is 2. The molecule has 1 unspecified atom stereocenters. The maximum atomic E-state index is 12.0. The van der Waals surface area contributed by atoms with Crippen molar-refractivity contribution in [3.8, 4) is 5.75 Å². The van der Waals surface area contributed by atoms with Crippen LogP contribution in [0, 0.1) is 0 Å². The normalized spacial score (nSPS) is 16.0. The number of nitrogens with two attached hydrogens (primary N) is 1. The van der Waals surface area contributed by atoms with E-state index < -0.39 is 5.54 Å². The first-order valence-electron chi connectivity index (χ1n) is 8.99. The zero-order valence-corrected chi connectivity index (χ0v) is 15.1. The maximum Gasteiger partial charge on any atom is 0.258 e. The van der Waals surface area contributed by atoms with E-state index in [4.69, 9.17) is 10.5 Å². The smallest absolute Gasteiger partial charge is 0.258 e. The number of benzene rings is 1. The van der Waals surface area contributed by atoms with Crippen LogP contribution in [0.1, 0.15) is 45.1 Å². The van der Waals surface area contributed by atoms with Gasteiger partial charge >= 0.3 is 0 Å². The molecule has 2 rings (SSSR count). The fourth-order valence-electron chi connectivity index (χ4n) is 2.55. The van der Waals surface area contributed by atoms with E-state index in [1.807, 2.05) is 31.2 Å². The number of hydrogen-bond acceptors (Lipinski definition) is 4. The minimum absolute atomic E-state index is 0.0401. The fraction of sp³-hybridized carbons (Fsp3) is 0.579. The standard InChI is InChI=1S/C19H29N3O3/c1-3-11-19(2,20)18(24)21-12-10-14-4-8-16(9-5-14)25-13-17(23)22-15-6-7-15/h4-5,8-9,15H,3,6-7,10-13,20H2,1-2H3,(H,21,24)(H,22,23). The lowest BCUT2D eigenvalue weighted by molar-refractivity contribution is -0.126. The van der Waals surface area contributed by atoms with Crippen LogP contribution < -0.4 is 21.1 Å². The summed E-state index contributed by atoms with van der Waals surface area (Å²) in [5.41, 5.74) is 6.28. The van der Waals surface area contributed by atoms with E-state index in [1.165, 1.54) is 0 Å². The third-order valence-corrected chi connectivity index (χ3v) is 4.22. The lowest BCUT2D eigenvalue weighted by atomic mass is 9.96. The lowest BCUT2D eigenvalue weighted by Crippen LogP contribution is -2.51. The van der Waals surface area contributed by atoms with E-state index in [0.717, 1.165) is 31.2 Å². The van der Waals surface area contributed by atoms with E-state index in [0.29, 0.717) is 24.8 Å². The summed E-state index contributed by atoms with van der Waals surface area (Å²) in [6.07, 6.45) is 4.40. The molecular weight excluding hydrogens is 318 g/mol. The van der Waals surface area contributed by atoms with Gasteiger partial charge in [0.15, 0.2) is 6.61 Å². The van der Waals surface area contributed by atoms with Gasteiger partial charge in [0.1, 0.15) is 5.75 Å². The lowest BCUT2D eigenvalue weighted by Gasteiger charge is -2.22. The molecule has 25 heavy (non-hydrogen) atoms. The Balaban J connectivity index is 1.69. The van der Waals surface area contributed by atoms with Crippen molar-refractivity contribution in [1.82, 2.24) is 10.6 Å². The first kappa shape index (κ1) is 19.2. The van der Waals surface area contributed by atoms with Gasteiger partial charge in [0, 0.05) is 12.6 Å². The molecule has 1 aromatic carbocycles. The van der Waals surface area contributed by atoms with Gasteiger partial charge in [-0.15, -0.1) is 0 Å². The van der Waals surface area contributed by atoms with E-state index in [-0.39, 0.29) is 18.4 Å². The van der Waals surface area contributed by atoms with E-state index in [9.17, 15) is 9.59 Å². The highest BCUT2D eigenvalue weighted by Gasteiger charge is 2.26. The molecule has 0 heterocycles. The molecule has 0 radical (unpaired) electrons. The zero-order valence-electron chi connectivity index (χ0n) is 15.1. The second-order valence-electron chi connectivity index (χ2n) is 6.95. The molecule has 1 aliphatic carbocycles. The summed E-state index contributed by atoms with van der Waals surface area (Å²) in [5.74, 6) is 0.471. The molecular formula is C19H29N3O3. The minimum atomic E-state index is -0.812. The van der Waals surface area contributed by atoms with Crippen LogP contribution in [0.25, 0.3) is 0 Å². The van der Waals surface area contributed by atoms with E-state index in [1.54, 1.807) is 6.92 Å². The monoisotopic (exact) mass is 347 g/mol. The van der Waals surface area contributed by atoms with Gasteiger partial charge in [-0.1, -0.05) is 25.5 Å². The number of ether oxygens (including phenoxy) is 1. The van der Waals surface area contributed by atoms with Gasteiger partial charge in [-0.25, -0.2) is 0 Å². The van der Waals surface area contributed by atoms with E-state index >= 15 is 0 Å². The maximum absolute atomic E-state index is 12.0. The Bertz CT molecular complexity index is 580. The van der Waals surface area contributed by atoms with Gasteiger partial charge in [0.25, 0.3) is 5.91 Å². The second kappa shape index (κ2) is 8.85. The van der Waals surface area contributed by atoms with Crippen molar-refractivity contribution in [2.45, 2.75) is 57.5 Å². The van der Waals surface area contributed by atoms with Gasteiger partial charge in [-0.05, 0) is 50.3 Å². The first-order valence-corrected chi connectivity index (χ1v) is 8.99. The third kappa shape index (κ3) is 6.74. The fourth-order valence-corrected chi connectivity index (χ4v) is 2.55. The quantitative estimate of drug-likeness (QED) is 0.598. The van der Waals surface area contributed by atoms with E-state index in [2.05, 4.69) is 10.6 Å². The molecule has 4 N–H and O–H groups in total. The molecule has 6 heteroatoms. The topological polar surface area (TPSA) is 93.5 Å². The Morgan fingerprint density at radius 1 is 1.28 bits per heavy atom. The molecule has 2 amide bonds. The van der Waals surface area contributed by atoms with Crippen molar-refractivity contribution in [2.24, 2.45) is 5.73 Å². The third-order valence-electron chi connectivity index (χ3n) is 4.22. The number of carbonyl (C=O) groups excluding carboxylic acids is 2. The van der Waals surface area contributed by atoms with Crippen LogP contribution in [0.15, 0.2) is 24.3 Å². The molecule has 1 saturated carbocycles. The van der Waals surface area contributed by atoms with Crippen LogP contribution in [0.2, 0.25) is 0 Å². The van der Waals surface area contributed by atoms with Crippen LogP contribution in [0.4, 0.5) is 0 Å². The molecule has 0 spiro atoms. The van der Waals surface area contributed by atoms with Gasteiger partial charge in [0.2, 0.25) is 5.91 Å². The Labute approximate surface area is 149 Å². The van der Waals surface area contributed by atoms with Gasteiger partial charge in [0.05, 0.1) is 5.54 Å². The Morgan fingerprint density at radius 3 is 2.56 bits per heavy atom. The summed E-state index contributed by atoms with van der Waals surface area (Å²) in [6.45, 7) is 4.35. The van der Waals surface area contributed by atoms with Crippen LogP contribution in [-0.2, 0) is 16.0 Å². The van der Waals surface area contributed by atoms with Gasteiger partial charge in [-0.3, -0.25) is 9.59 Å².